The van der Waals surface area contributed by atoms with E-state index in [1.54, 1.807) is 0 Å². The number of carbonyl (C=O) groups excluding carboxylic acids is 2. The van der Waals surface area contributed by atoms with Gasteiger partial charge in [-0.05, 0) is 35.7 Å². The molecule has 2 aromatic rings. The number of nitrogens with zero attached hydrogens (tertiary/aromatic N) is 2. The van der Waals surface area contributed by atoms with Crippen molar-refractivity contribution in [2.75, 3.05) is 32.7 Å². The smallest absolute Gasteiger partial charge is 0.251 e. The predicted molar refractivity (Wildman–Crippen MR) is 121 cm³/mol. The molecule has 164 valence electrons. The molecule has 1 atom stereocenters. The molecule has 0 saturated carbocycles. The zero-order valence-corrected chi connectivity index (χ0v) is 18.1. The summed E-state index contributed by atoms with van der Waals surface area (Å²) in [6.45, 7) is 7.52. The van der Waals surface area contributed by atoms with Gasteiger partial charge >= 0.3 is 0 Å². The van der Waals surface area contributed by atoms with Crippen LogP contribution in [0.2, 0.25) is 0 Å². The van der Waals surface area contributed by atoms with Gasteiger partial charge < -0.3 is 10.2 Å². The minimum absolute atomic E-state index is 0.0521. The van der Waals surface area contributed by atoms with Crippen LogP contribution in [0.3, 0.4) is 0 Å². The lowest BCUT2D eigenvalue weighted by Gasteiger charge is -2.37. The molecule has 2 aromatic carbocycles. The number of amides is 2. The van der Waals surface area contributed by atoms with Crippen molar-refractivity contribution in [3.05, 3.63) is 77.6 Å². The quantitative estimate of drug-likeness (QED) is 0.742. The molecule has 5 nitrogen and oxygen atoms in total. The summed E-state index contributed by atoms with van der Waals surface area (Å²) in [5, 5.41) is 2.84. The van der Waals surface area contributed by atoms with Gasteiger partial charge in [-0.15, -0.1) is 0 Å². The molecule has 0 aliphatic carbocycles. The van der Waals surface area contributed by atoms with Crippen LogP contribution in [0.5, 0.6) is 0 Å². The van der Waals surface area contributed by atoms with Crippen LogP contribution < -0.4 is 5.32 Å². The predicted octanol–water partition coefficient (Wildman–Crippen LogP) is 3.44. The topological polar surface area (TPSA) is 52.7 Å². The number of piperazine rings is 1. The molecule has 1 unspecified atom stereocenters. The minimum Gasteiger partial charge on any atom is -0.340 e. The Bertz CT molecular complexity index is 889. The third-order valence-corrected chi connectivity index (χ3v) is 5.48. The first-order chi connectivity index (χ1) is 14.9. The van der Waals surface area contributed by atoms with E-state index in [-0.39, 0.29) is 17.7 Å². The van der Waals surface area contributed by atoms with E-state index in [2.05, 4.69) is 34.5 Å². The molecule has 31 heavy (non-hydrogen) atoms. The van der Waals surface area contributed by atoms with Gasteiger partial charge in [0.15, 0.2) is 0 Å². The lowest BCUT2D eigenvalue weighted by Crippen LogP contribution is -2.56. The van der Waals surface area contributed by atoms with E-state index in [0.717, 1.165) is 19.6 Å². The first-order valence-corrected chi connectivity index (χ1v) is 10.7. The molecular formula is C25H30FN3O2. The number of halogens is 1. The van der Waals surface area contributed by atoms with Crippen LogP contribution in [0, 0.1) is 11.7 Å². The fraction of sp³-hybridized carbons (Fsp3) is 0.360. The summed E-state index contributed by atoms with van der Waals surface area (Å²) < 4.78 is 13.1. The van der Waals surface area contributed by atoms with E-state index >= 15 is 0 Å². The lowest BCUT2D eigenvalue weighted by molar-refractivity contribution is -0.136. The normalized spacial score (nSPS) is 15.9. The maximum absolute atomic E-state index is 13.1. The Hall–Kier alpha value is -2.99. The molecule has 1 fully saturated rings. The fourth-order valence-electron chi connectivity index (χ4n) is 3.59. The molecule has 1 N–H and O–H groups in total. The summed E-state index contributed by atoms with van der Waals surface area (Å²) in [5.41, 5.74) is 1.52. The summed E-state index contributed by atoms with van der Waals surface area (Å²) >= 11 is 0. The molecule has 6 heteroatoms. The largest absolute Gasteiger partial charge is 0.340 e. The Kier molecular flexibility index (Phi) is 7.95. The van der Waals surface area contributed by atoms with E-state index in [1.165, 1.54) is 29.8 Å². The van der Waals surface area contributed by atoms with Crippen molar-refractivity contribution in [3.63, 3.8) is 0 Å². The maximum Gasteiger partial charge on any atom is 0.251 e. The third kappa shape index (κ3) is 6.49. The Labute approximate surface area is 183 Å². The molecule has 1 aliphatic rings. The summed E-state index contributed by atoms with van der Waals surface area (Å²) in [5.74, 6) is -0.880. The molecule has 3 rings (SSSR count). The van der Waals surface area contributed by atoms with Crippen LogP contribution in [-0.4, -0.2) is 60.4 Å². The van der Waals surface area contributed by atoms with Gasteiger partial charge in [-0.2, -0.15) is 0 Å². The second kappa shape index (κ2) is 10.9. The van der Waals surface area contributed by atoms with Crippen LogP contribution >= 0.6 is 0 Å². The molecular weight excluding hydrogens is 393 g/mol. The van der Waals surface area contributed by atoms with Gasteiger partial charge in [0.1, 0.15) is 11.9 Å². The number of hydrogen-bond donors (Lipinski definition) is 1. The van der Waals surface area contributed by atoms with E-state index in [0.29, 0.717) is 18.7 Å². The average Bonchev–Trinajstić information content (AvgIpc) is 2.78. The van der Waals surface area contributed by atoms with Gasteiger partial charge in [-0.25, -0.2) is 4.39 Å². The zero-order chi connectivity index (χ0) is 22.2. The molecule has 1 heterocycles. The number of hydrogen-bond acceptors (Lipinski definition) is 3. The summed E-state index contributed by atoms with van der Waals surface area (Å²) in [4.78, 5) is 29.7. The Morgan fingerprint density at radius 2 is 1.65 bits per heavy atom. The van der Waals surface area contributed by atoms with Gasteiger partial charge in [0.2, 0.25) is 5.91 Å². The van der Waals surface area contributed by atoms with Crippen molar-refractivity contribution in [1.29, 1.82) is 0 Å². The first kappa shape index (κ1) is 22.7. The Balaban J connectivity index is 1.51. The van der Waals surface area contributed by atoms with Crippen LogP contribution in [0.1, 0.15) is 29.8 Å². The van der Waals surface area contributed by atoms with Crippen molar-refractivity contribution in [2.45, 2.75) is 19.9 Å². The van der Waals surface area contributed by atoms with Crippen LogP contribution in [0.4, 0.5) is 4.39 Å². The summed E-state index contributed by atoms with van der Waals surface area (Å²) in [6, 6.07) is 14.9. The molecule has 0 aromatic heterocycles. The van der Waals surface area contributed by atoms with Crippen LogP contribution in [0.15, 0.2) is 60.7 Å². The number of nitrogens with one attached hydrogen (secondary N) is 1. The second-order valence-corrected chi connectivity index (χ2v) is 8.14. The van der Waals surface area contributed by atoms with Gasteiger partial charge in [0.25, 0.3) is 5.91 Å². The van der Waals surface area contributed by atoms with Gasteiger partial charge in [0, 0.05) is 38.3 Å². The van der Waals surface area contributed by atoms with Crippen molar-refractivity contribution < 1.29 is 14.0 Å². The van der Waals surface area contributed by atoms with Crippen molar-refractivity contribution in [3.8, 4) is 0 Å². The van der Waals surface area contributed by atoms with Crippen molar-refractivity contribution >= 4 is 17.9 Å². The zero-order valence-electron chi connectivity index (χ0n) is 18.1. The van der Waals surface area contributed by atoms with Crippen molar-refractivity contribution in [2.24, 2.45) is 5.92 Å². The minimum atomic E-state index is -0.609. The molecule has 1 saturated heterocycles. The fourth-order valence-corrected chi connectivity index (χ4v) is 3.59. The summed E-state index contributed by atoms with van der Waals surface area (Å²) in [6.07, 6.45) is 4.25. The molecule has 2 amide bonds. The van der Waals surface area contributed by atoms with Crippen LogP contribution in [0.25, 0.3) is 6.08 Å². The highest BCUT2D eigenvalue weighted by Crippen LogP contribution is 2.12. The number of carbonyl (C=O) groups is 2. The van der Waals surface area contributed by atoms with Gasteiger partial charge in [-0.1, -0.05) is 56.3 Å². The van der Waals surface area contributed by atoms with E-state index in [1.807, 2.05) is 36.9 Å². The first-order valence-electron chi connectivity index (χ1n) is 10.7. The molecule has 0 spiro atoms. The van der Waals surface area contributed by atoms with E-state index in [9.17, 15) is 14.0 Å². The van der Waals surface area contributed by atoms with Crippen LogP contribution in [-0.2, 0) is 4.79 Å². The Morgan fingerprint density at radius 3 is 2.26 bits per heavy atom. The Morgan fingerprint density at radius 1 is 1.00 bits per heavy atom. The van der Waals surface area contributed by atoms with Gasteiger partial charge in [-0.3, -0.25) is 14.5 Å². The number of rotatable bonds is 7. The highest BCUT2D eigenvalue weighted by molar-refractivity contribution is 5.97. The standard InChI is InChI=1S/C25H30FN3O2/c1-19(2)23(27-24(30)21-10-12-22(26)13-11-21)25(31)29-17-15-28(16-18-29)14-6-9-20-7-4-3-5-8-20/h3-13,19,23H,14-18H2,1-2H3,(H,27,30)/b9-6+. The monoisotopic (exact) mass is 423 g/mol. The van der Waals surface area contributed by atoms with E-state index in [4.69, 9.17) is 0 Å². The lowest BCUT2D eigenvalue weighted by atomic mass is 10.0. The second-order valence-electron chi connectivity index (χ2n) is 8.14. The average molecular weight is 424 g/mol. The molecule has 1 aliphatic heterocycles. The molecule has 0 radical (unpaired) electrons. The van der Waals surface area contributed by atoms with Gasteiger partial charge in [0.05, 0.1) is 0 Å². The SMILES string of the molecule is CC(C)C(NC(=O)c1ccc(F)cc1)C(=O)N1CCN(C/C=C/c2ccccc2)CC1. The molecule has 0 bridgehead atoms. The number of benzene rings is 2. The third-order valence-electron chi connectivity index (χ3n) is 5.48. The highest BCUT2D eigenvalue weighted by Gasteiger charge is 2.30. The summed E-state index contributed by atoms with van der Waals surface area (Å²) in [7, 11) is 0. The maximum atomic E-state index is 13.1. The van der Waals surface area contributed by atoms with Crippen molar-refractivity contribution in [1.82, 2.24) is 15.1 Å². The van der Waals surface area contributed by atoms with E-state index < -0.39 is 11.9 Å². The highest BCUT2D eigenvalue weighted by atomic mass is 19.1.